The van der Waals surface area contributed by atoms with Crippen LogP contribution in [0.1, 0.15) is 12.5 Å². The van der Waals surface area contributed by atoms with Crippen molar-refractivity contribution in [1.29, 1.82) is 0 Å². The minimum Gasteiger partial charge on any atom is -0.484 e. The second-order valence-corrected chi connectivity index (χ2v) is 2.52. The van der Waals surface area contributed by atoms with Gasteiger partial charge in [0.25, 0.3) is 0 Å². The van der Waals surface area contributed by atoms with Gasteiger partial charge in [0.2, 0.25) is 0 Å². The van der Waals surface area contributed by atoms with Gasteiger partial charge >= 0.3 is 0 Å². The molecule has 0 amide bonds. The first-order valence-corrected chi connectivity index (χ1v) is 3.92. The number of nitrogens with zero attached hydrogens (tertiary/aromatic N) is 2. The Morgan fingerprint density at radius 1 is 1.62 bits per heavy atom. The van der Waals surface area contributed by atoms with Crippen LogP contribution >= 0.6 is 0 Å². The molecule has 0 unspecified atom stereocenters. The molecule has 0 atom stereocenters. The zero-order valence-corrected chi connectivity index (χ0v) is 7.82. The molecule has 0 aliphatic carbocycles. The monoisotopic (exact) mass is 176 g/mol. The molecule has 0 bridgehead atoms. The summed E-state index contributed by atoms with van der Waals surface area (Å²) in [5.41, 5.74) is 1.56. The second kappa shape index (κ2) is 4.40. The summed E-state index contributed by atoms with van der Waals surface area (Å²) in [6, 6.07) is 3.75. The molecule has 3 nitrogen and oxygen atoms in total. The van der Waals surface area contributed by atoms with Gasteiger partial charge in [-0.25, -0.2) is 4.99 Å². The van der Waals surface area contributed by atoms with Gasteiger partial charge in [-0.3, -0.25) is 4.98 Å². The van der Waals surface area contributed by atoms with Crippen LogP contribution in [0.15, 0.2) is 36.1 Å². The Hall–Kier alpha value is -1.64. The molecule has 1 aromatic rings. The Bertz CT molecular complexity index is 317. The van der Waals surface area contributed by atoms with Gasteiger partial charge in [0.05, 0.1) is 12.8 Å². The van der Waals surface area contributed by atoms with E-state index in [4.69, 9.17) is 4.74 Å². The Kier molecular flexibility index (Phi) is 3.20. The van der Waals surface area contributed by atoms with Crippen molar-refractivity contribution in [2.24, 2.45) is 4.99 Å². The van der Waals surface area contributed by atoms with Gasteiger partial charge in [0.1, 0.15) is 0 Å². The van der Waals surface area contributed by atoms with Gasteiger partial charge < -0.3 is 4.74 Å². The summed E-state index contributed by atoms with van der Waals surface area (Å²) in [4.78, 5) is 8.09. The number of ether oxygens (including phenoxy) is 1. The molecule has 0 saturated heterocycles. The third-order valence-electron chi connectivity index (χ3n) is 1.58. The van der Waals surface area contributed by atoms with Gasteiger partial charge in [0.15, 0.2) is 5.90 Å². The zero-order chi connectivity index (χ0) is 9.68. The summed E-state index contributed by atoms with van der Waals surface area (Å²) in [7, 11) is 1.58. The summed E-state index contributed by atoms with van der Waals surface area (Å²) in [5.74, 6) is 0.592. The van der Waals surface area contributed by atoms with Crippen molar-refractivity contribution < 1.29 is 4.74 Å². The summed E-state index contributed by atoms with van der Waals surface area (Å²) in [5, 5.41) is 0. The first-order chi connectivity index (χ1) is 6.24. The predicted molar refractivity (Wildman–Crippen MR) is 53.4 cm³/mol. The number of pyridine rings is 1. The number of hydrogen-bond donors (Lipinski definition) is 0. The molecule has 1 rings (SSSR count). The van der Waals surface area contributed by atoms with E-state index in [9.17, 15) is 0 Å². The second-order valence-electron chi connectivity index (χ2n) is 2.52. The van der Waals surface area contributed by atoms with E-state index in [2.05, 4.69) is 16.6 Å². The molecule has 13 heavy (non-hydrogen) atoms. The lowest BCUT2D eigenvalue weighted by Gasteiger charge is -2.00. The lowest BCUT2D eigenvalue weighted by atomic mass is 10.2. The minimum absolute atomic E-state index is 0.592. The number of methoxy groups -OCH3 is 1. The third-order valence-corrected chi connectivity index (χ3v) is 1.58. The van der Waals surface area contributed by atoms with Gasteiger partial charge in [-0.2, -0.15) is 0 Å². The minimum atomic E-state index is 0.592. The van der Waals surface area contributed by atoms with Crippen LogP contribution in [0.5, 0.6) is 0 Å². The molecule has 0 aliphatic rings. The van der Waals surface area contributed by atoms with Gasteiger partial charge in [0, 0.05) is 24.9 Å². The first kappa shape index (κ1) is 9.45. The van der Waals surface area contributed by atoms with Crippen molar-refractivity contribution in [2.75, 3.05) is 7.11 Å². The van der Waals surface area contributed by atoms with E-state index in [1.54, 1.807) is 26.4 Å². The molecule has 0 saturated carbocycles. The molecular weight excluding hydrogens is 164 g/mol. The van der Waals surface area contributed by atoms with Crippen molar-refractivity contribution in [3.8, 4) is 0 Å². The smallest absolute Gasteiger partial charge is 0.184 e. The summed E-state index contributed by atoms with van der Waals surface area (Å²) in [6.07, 6.45) is 3.43. The molecular formula is C10H12N2O. The van der Waals surface area contributed by atoms with Crippen LogP contribution in [0.25, 0.3) is 5.70 Å². The Morgan fingerprint density at radius 3 is 2.92 bits per heavy atom. The first-order valence-electron chi connectivity index (χ1n) is 3.92. The molecule has 0 fully saturated rings. The van der Waals surface area contributed by atoms with E-state index in [-0.39, 0.29) is 0 Å². The fourth-order valence-corrected chi connectivity index (χ4v) is 0.834. The maximum atomic E-state index is 4.91. The van der Waals surface area contributed by atoms with E-state index in [1.165, 1.54) is 0 Å². The van der Waals surface area contributed by atoms with Crippen molar-refractivity contribution >= 4 is 11.6 Å². The molecule has 1 heterocycles. The molecule has 3 heteroatoms. The highest BCUT2D eigenvalue weighted by atomic mass is 16.5. The van der Waals surface area contributed by atoms with Gasteiger partial charge in [-0.15, -0.1) is 0 Å². The highest BCUT2D eigenvalue weighted by Crippen LogP contribution is 2.11. The highest BCUT2D eigenvalue weighted by molar-refractivity contribution is 5.80. The topological polar surface area (TPSA) is 34.5 Å². The fraction of sp³-hybridized carbons (Fsp3) is 0.200. The molecule has 0 aromatic carbocycles. The Balaban J connectivity index is 2.81. The van der Waals surface area contributed by atoms with Crippen LogP contribution in [-0.2, 0) is 4.74 Å². The van der Waals surface area contributed by atoms with E-state index in [1.807, 2.05) is 12.1 Å². The summed E-state index contributed by atoms with van der Waals surface area (Å²) in [6.45, 7) is 5.58. The third kappa shape index (κ3) is 2.71. The number of rotatable bonds is 2. The van der Waals surface area contributed by atoms with Crippen molar-refractivity contribution in [1.82, 2.24) is 4.98 Å². The SMILES string of the molecule is C=C(N=C(C)OC)c1cccnc1. The number of aromatic nitrogens is 1. The quantitative estimate of drug-likeness (QED) is 0.511. The lowest BCUT2D eigenvalue weighted by Crippen LogP contribution is -1.94. The Morgan fingerprint density at radius 2 is 2.38 bits per heavy atom. The average Bonchev–Trinajstić information content (AvgIpc) is 2.19. The molecule has 68 valence electrons. The van der Waals surface area contributed by atoms with E-state index < -0.39 is 0 Å². The van der Waals surface area contributed by atoms with E-state index in [0.29, 0.717) is 11.6 Å². The predicted octanol–water partition coefficient (Wildman–Crippen LogP) is 2.12. The summed E-state index contributed by atoms with van der Waals surface area (Å²) >= 11 is 0. The normalized spacial score (nSPS) is 11.1. The fourth-order valence-electron chi connectivity index (χ4n) is 0.834. The van der Waals surface area contributed by atoms with Crippen LogP contribution in [0.4, 0.5) is 0 Å². The van der Waals surface area contributed by atoms with Crippen LogP contribution in [0.3, 0.4) is 0 Å². The Labute approximate surface area is 77.8 Å². The number of hydrogen-bond acceptors (Lipinski definition) is 3. The molecule has 0 spiro atoms. The van der Waals surface area contributed by atoms with Crippen LogP contribution < -0.4 is 0 Å². The standard InChI is InChI=1S/C10H12N2O/c1-8(12-9(2)13-3)10-5-4-6-11-7-10/h4-7H,1H2,2-3H3. The van der Waals surface area contributed by atoms with Crippen molar-refractivity contribution in [3.63, 3.8) is 0 Å². The van der Waals surface area contributed by atoms with Gasteiger partial charge in [-0.1, -0.05) is 6.58 Å². The van der Waals surface area contributed by atoms with Crippen molar-refractivity contribution in [3.05, 3.63) is 36.7 Å². The highest BCUT2D eigenvalue weighted by Gasteiger charge is 1.96. The zero-order valence-electron chi connectivity index (χ0n) is 7.82. The molecule has 0 radical (unpaired) electrons. The lowest BCUT2D eigenvalue weighted by molar-refractivity contribution is 0.400. The largest absolute Gasteiger partial charge is 0.484 e. The summed E-state index contributed by atoms with van der Waals surface area (Å²) < 4.78 is 4.91. The van der Waals surface area contributed by atoms with Crippen LogP contribution in [-0.4, -0.2) is 18.0 Å². The van der Waals surface area contributed by atoms with E-state index in [0.717, 1.165) is 5.56 Å². The molecule has 0 N–H and O–H groups in total. The molecule has 0 aliphatic heterocycles. The van der Waals surface area contributed by atoms with E-state index >= 15 is 0 Å². The van der Waals surface area contributed by atoms with Gasteiger partial charge in [-0.05, 0) is 12.1 Å². The average molecular weight is 176 g/mol. The maximum absolute atomic E-state index is 4.91. The van der Waals surface area contributed by atoms with Crippen LogP contribution in [0, 0.1) is 0 Å². The maximum Gasteiger partial charge on any atom is 0.184 e. The number of aliphatic imine (C=N–C) groups is 1. The molecule has 1 aromatic heterocycles. The van der Waals surface area contributed by atoms with Crippen LogP contribution in [0.2, 0.25) is 0 Å². The van der Waals surface area contributed by atoms with Crippen molar-refractivity contribution in [2.45, 2.75) is 6.92 Å².